The number of hydrogen-bond acceptors (Lipinski definition) is 5. The lowest BCUT2D eigenvalue weighted by Crippen LogP contribution is -2.31. The van der Waals surface area contributed by atoms with Gasteiger partial charge in [0.05, 0.1) is 9.79 Å². The van der Waals surface area contributed by atoms with Crippen LogP contribution in [0.15, 0.2) is 58.3 Å². The number of anilines is 1. The Morgan fingerprint density at radius 2 is 1.00 bits per heavy atom. The number of carbonyl (C=O) groups excluding carboxylic acids is 1. The van der Waals surface area contributed by atoms with E-state index in [1.54, 1.807) is 12.1 Å². The molecule has 2 aliphatic rings. The first-order valence-corrected chi connectivity index (χ1v) is 14.2. The minimum absolute atomic E-state index is 0.178. The van der Waals surface area contributed by atoms with Crippen molar-refractivity contribution in [1.82, 2.24) is 8.61 Å². The summed E-state index contributed by atoms with van der Waals surface area (Å²) in [4.78, 5) is 13.0. The predicted octanol–water partition coefficient (Wildman–Crippen LogP) is 3.29. The number of benzene rings is 2. The van der Waals surface area contributed by atoms with Gasteiger partial charge >= 0.3 is 0 Å². The third-order valence-electron chi connectivity index (χ3n) is 6.13. The minimum Gasteiger partial charge on any atom is -0.322 e. The maximum Gasteiger partial charge on any atom is 0.255 e. The second-order valence-electron chi connectivity index (χ2n) is 8.43. The van der Waals surface area contributed by atoms with Crippen molar-refractivity contribution in [2.45, 2.75) is 48.3 Å². The molecule has 0 bridgehead atoms. The molecule has 2 saturated heterocycles. The summed E-state index contributed by atoms with van der Waals surface area (Å²) in [6.45, 7) is 2.11. The number of nitrogens with one attached hydrogen (secondary N) is 1. The van der Waals surface area contributed by atoms with Crippen LogP contribution in [-0.4, -0.2) is 57.5 Å². The molecule has 0 aromatic heterocycles. The lowest BCUT2D eigenvalue weighted by molar-refractivity contribution is 0.102. The topological polar surface area (TPSA) is 104 Å². The normalized spacial score (nSPS) is 18.7. The Kier molecular flexibility index (Phi) is 7.18. The maximum atomic E-state index is 12.9. The van der Waals surface area contributed by atoms with Crippen molar-refractivity contribution in [2.75, 3.05) is 31.5 Å². The van der Waals surface area contributed by atoms with E-state index in [-0.39, 0.29) is 9.79 Å². The fourth-order valence-corrected chi connectivity index (χ4v) is 7.23. The molecule has 1 amide bonds. The molecule has 1 N–H and O–H groups in total. The van der Waals surface area contributed by atoms with Crippen molar-refractivity contribution in [3.8, 4) is 0 Å². The van der Waals surface area contributed by atoms with Crippen LogP contribution in [0.25, 0.3) is 0 Å². The Morgan fingerprint density at radius 3 is 1.45 bits per heavy atom. The summed E-state index contributed by atoms with van der Waals surface area (Å²) in [6, 6.07) is 12.0. The van der Waals surface area contributed by atoms with Gasteiger partial charge in [0.1, 0.15) is 0 Å². The molecule has 0 saturated carbocycles. The summed E-state index contributed by atoms with van der Waals surface area (Å²) >= 11 is 0. The Morgan fingerprint density at radius 1 is 0.606 bits per heavy atom. The van der Waals surface area contributed by atoms with Gasteiger partial charge in [0.25, 0.3) is 5.91 Å². The van der Waals surface area contributed by atoms with Crippen molar-refractivity contribution in [2.24, 2.45) is 0 Å². The SMILES string of the molecule is O=C(Nc1ccc(S(=O)(=O)N2CCCC2)cc1)c1ccc(S(=O)(=O)N2CCCCCC2)cc1. The highest BCUT2D eigenvalue weighted by Gasteiger charge is 2.27. The Hall–Kier alpha value is -2.27. The fourth-order valence-electron chi connectivity index (χ4n) is 4.20. The molecule has 2 aliphatic heterocycles. The monoisotopic (exact) mass is 491 g/mol. The number of carbonyl (C=O) groups is 1. The zero-order valence-electron chi connectivity index (χ0n) is 18.4. The van der Waals surface area contributed by atoms with Gasteiger partial charge in [0.15, 0.2) is 0 Å². The highest BCUT2D eigenvalue weighted by atomic mass is 32.2. The molecule has 10 heteroatoms. The molecule has 2 aromatic carbocycles. The van der Waals surface area contributed by atoms with E-state index in [0.29, 0.717) is 37.4 Å². The van der Waals surface area contributed by atoms with Crippen molar-refractivity contribution in [3.05, 3.63) is 54.1 Å². The molecule has 2 fully saturated rings. The second-order valence-corrected chi connectivity index (χ2v) is 12.3. The molecule has 33 heavy (non-hydrogen) atoms. The Labute approximate surface area is 195 Å². The van der Waals surface area contributed by atoms with Crippen LogP contribution in [-0.2, 0) is 20.0 Å². The third kappa shape index (κ3) is 5.29. The quantitative estimate of drug-likeness (QED) is 0.668. The molecular formula is C23H29N3O5S2. The lowest BCUT2D eigenvalue weighted by atomic mass is 10.2. The molecule has 0 spiro atoms. The van der Waals surface area contributed by atoms with Gasteiger partial charge < -0.3 is 5.32 Å². The zero-order chi connectivity index (χ0) is 23.5. The van der Waals surface area contributed by atoms with Crippen molar-refractivity contribution < 1.29 is 21.6 Å². The van der Waals surface area contributed by atoms with E-state index in [1.165, 1.54) is 45.0 Å². The smallest absolute Gasteiger partial charge is 0.255 e. The predicted molar refractivity (Wildman–Crippen MR) is 126 cm³/mol. The average molecular weight is 492 g/mol. The van der Waals surface area contributed by atoms with Gasteiger partial charge in [-0.3, -0.25) is 4.79 Å². The first kappa shape index (κ1) is 23.9. The summed E-state index contributed by atoms with van der Waals surface area (Å²) in [5, 5.41) is 2.73. The van der Waals surface area contributed by atoms with Crippen molar-refractivity contribution >= 4 is 31.6 Å². The summed E-state index contributed by atoms with van der Waals surface area (Å²) in [6.07, 6.45) is 5.53. The van der Waals surface area contributed by atoms with Crippen LogP contribution < -0.4 is 5.32 Å². The minimum atomic E-state index is -3.57. The number of rotatable bonds is 6. The van der Waals surface area contributed by atoms with E-state index in [2.05, 4.69) is 5.32 Å². The van der Waals surface area contributed by atoms with Gasteiger partial charge in [0, 0.05) is 37.4 Å². The fraction of sp³-hybridized carbons (Fsp3) is 0.435. The third-order valence-corrected chi connectivity index (χ3v) is 9.96. The standard InChI is InChI=1S/C23H29N3O5S2/c27-23(24-20-9-13-22(14-10-20)33(30,31)26-17-5-6-18-26)19-7-11-21(12-8-19)32(28,29)25-15-3-1-2-4-16-25/h7-14H,1-6,15-18H2,(H,24,27). The Bertz CT molecular complexity index is 1180. The largest absolute Gasteiger partial charge is 0.322 e. The molecule has 2 heterocycles. The molecule has 0 radical (unpaired) electrons. The van der Waals surface area contributed by atoms with Crippen LogP contribution in [0.4, 0.5) is 5.69 Å². The van der Waals surface area contributed by atoms with Crippen molar-refractivity contribution in [1.29, 1.82) is 0 Å². The molecule has 4 rings (SSSR count). The molecule has 0 aliphatic carbocycles. The summed E-state index contributed by atoms with van der Waals surface area (Å²) in [5.41, 5.74) is 0.778. The van der Waals surface area contributed by atoms with Gasteiger partial charge in [0.2, 0.25) is 20.0 Å². The lowest BCUT2D eigenvalue weighted by Gasteiger charge is -2.20. The van der Waals surface area contributed by atoms with Crippen LogP contribution in [0.2, 0.25) is 0 Å². The second kappa shape index (κ2) is 9.92. The van der Waals surface area contributed by atoms with Crippen LogP contribution in [0, 0.1) is 0 Å². The van der Waals surface area contributed by atoms with Crippen LogP contribution in [0.5, 0.6) is 0 Å². The van der Waals surface area contributed by atoms with E-state index in [0.717, 1.165) is 38.5 Å². The maximum absolute atomic E-state index is 12.9. The first-order chi connectivity index (χ1) is 15.8. The van der Waals surface area contributed by atoms with E-state index in [1.807, 2.05) is 0 Å². The highest BCUT2D eigenvalue weighted by Crippen LogP contribution is 2.23. The number of nitrogens with zero attached hydrogens (tertiary/aromatic N) is 2. The molecule has 2 aromatic rings. The first-order valence-electron chi connectivity index (χ1n) is 11.3. The van der Waals surface area contributed by atoms with E-state index < -0.39 is 26.0 Å². The average Bonchev–Trinajstić information content (AvgIpc) is 3.23. The van der Waals surface area contributed by atoms with Crippen LogP contribution in [0.3, 0.4) is 0 Å². The summed E-state index contributed by atoms with van der Waals surface area (Å²) in [5.74, 6) is -0.399. The van der Waals surface area contributed by atoms with Gasteiger partial charge in [-0.2, -0.15) is 8.61 Å². The number of sulfonamides is 2. The van der Waals surface area contributed by atoms with E-state index >= 15 is 0 Å². The van der Waals surface area contributed by atoms with Crippen LogP contribution >= 0.6 is 0 Å². The number of hydrogen-bond donors (Lipinski definition) is 1. The van der Waals surface area contributed by atoms with Gasteiger partial charge in [-0.05, 0) is 74.2 Å². The van der Waals surface area contributed by atoms with Gasteiger partial charge in [-0.15, -0.1) is 0 Å². The van der Waals surface area contributed by atoms with E-state index in [4.69, 9.17) is 0 Å². The number of amides is 1. The summed E-state index contributed by atoms with van der Waals surface area (Å²) in [7, 11) is -7.08. The Balaban J connectivity index is 1.42. The van der Waals surface area contributed by atoms with Gasteiger partial charge in [-0.25, -0.2) is 16.8 Å². The molecule has 0 atom stereocenters. The molecule has 8 nitrogen and oxygen atoms in total. The molecule has 178 valence electrons. The molecule has 0 unspecified atom stereocenters. The highest BCUT2D eigenvalue weighted by molar-refractivity contribution is 7.89. The molecular weight excluding hydrogens is 462 g/mol. The summed E-state index contributed by atoms with van der Waals surface area (Å²) < 4.78 is 54.0. The zero-order valence-corrected chi connectivity index (χ0v) is 20.1. The van der Waals surface area contributed by atoms with Crippen molar-refractivity contribution in [3.63, 3.8) is 0 Å². The van der Waals surface area contributed by atoms with Gasteiger partial charge in [-0.1, -0.05) is 12.8 Å². The van der Waals surface area contributed by atoms with Crippen LogP contribution in [0.1, 0.15) is 48.9 Å². The van der Waals surface area contributed by atoms with E-state index in [9.17, 15) is 21.6 Å².